The largest absolute Gasteiger partial charge is 0.503 e. The Morgan fingerprint density at radius 3 is 1.38 bits per heavy atom. The number of azo groups is 2. The second-order valence-corrected chi connectivity index (χ2v) is 7.36. The third-order valence-corrected chi connectivity index (χ3v) is 5.32. The minimum Gasteiger partial charge on any atom is -0.503 e. The zero-order valence-electron chi connectivity index (χ0n) is 18.8. The lowest BCUT2D eigenvalue weighted by Crippen LogP contribution is -1.89. The van der Waals surface area contributed by atoms with E-state index in [0.29, 0.717) is 22.3 Å². The van der Waals surface area contributed by atoms with Crippen molar-refractivity contribution in [2.75, 3.05) is 14.2 Å². The second kappa shape index (κ2) is 10.4. The maximum absolute atomic E-state index is 10.7. The van der Waals surface area contributed by atoms with Gasteiger partial charge in [-0.15, -0.1) is 0 Å². The fourth-order valence-electron chi connectivity index (χ4n) is 3.61. The lowest BCUT2D eigenvalue weighted by molar-refractivity contribution is 0.406. The maximum atomic E-state index is 10.7. The monoisotopic (exact) mass is 456 g/mol. The van der Waals surface area contributed by atoms with E-state index < -0.39 is 11.5 Å². The minimum atomic E-state index is -0.409. The van der Waals surface area contributed by atoms with E-state index in [1.54, 1.807) is 26.4 Å². The first kappa shape index (κ1) is 22.7. The summed E-state index contributed by atoms with van der Waals surface area (Å²) < 4.78 is 10.7. The Labute approximate surface area is 196 Å². The number of rotatable bonds is 8. The number of benzene rings is 4. The molecule has 2 N–H and O–H groups in total. The summed E-state index contributed by atoms with van der Waals surface area (Å²) in [5.41, 5.74) is 2.02. The van der Waals surface area contributed by atoms with E-state index in [0.717, 1.165) is 11.1 Å². The van der Waals surface area contributed by atoms with Gasteiger partial charge in [-0.2, -0.15) is 20.5 Å². The van der Waals surface area contributed by atoms with Gasteiger partial charge in [-0.3, -0.25) is 0 Å². The Morgan fingerprint density at radius 1 is 0.588 bits per heavy atom. The van der Waals surface area contributed by atoms with Crippen LogP contribution in [0.4, 0.5) is 11.4 Å². The number of phenolic OH excluding ortho intramolecular Hbond substituents is 2. The van der Waals surface area contributed by atoms with Crippen LogP contribution in [0.1, 0.15) is 11.1 Å². The van der Waals surface area contributed by atoms with Gasteiger partial charge in [-0.05, 0) is 12.1 Å². The Bertz CT molecular complexity index is 1260. The average molecular weight is 457 g/mol. The van der Waals surface area contributed by atoms with Crippen molar-refractivity contribution in [2.24, 2.45) is 20.5 Å². The number of aromatic hydroxyl groups is 2. The number of ether oxygens (including phenoxy) is 2. The summed E-state index contributed by atoms with van der Waals surface area (Å²) >= 11 is 0. The molecule has 0 saturated carbocycles. The number of phenols is 2. The Balaban J connectivity index is 1.67. The summed E-state index contributed by atoms with van der Waals surface area (Å²) in [6, 6.07) is 22.2. The van der Waals surface area contributed by atoms with Crippen LogP contribution in [0.25, 0.3) is 10.8 Å². The normalized spacial score (nSPS) is 11.5. The number of nitrogens with zero attached hydrogens (tertiary/aromatic N) is 4. The molecule has 4 rings (SSSR count). The van der Waals surface area contributed by atoms with Crippen LogP contribution in [0.2, 0.25) is 0 Å². The second-order valence-electron chi connectivity index (χ2n) is 7.36. The zero-order chi connectivity index (χ0) is 23.9. The predicted octanol–water partition coefficient (Wildman–Crippen LogP) is 6.84. The molecule has 0 saturated heterocycles. The van der Waals surface area contributed by atoms with E-state index >= 15 is 0 Å². The van der Waals surface area contributed by atoms with Crippen molar-refractivity contribution in [3.8, 4) is 23.0 Å². The van der Waals surface area contributed by atoms with Crippen molar-refractivity contribution in [1.82, 2.24) is 0 Å². The van der Waals surface area contributed by atoms with Crippen LogP contribution >= 0.6 is 0 Å². The zero-order valence-corrected chi connectivity index (χ0v) is 18.8. The topological polar surface area (TPSA) is 108 Å². The molecule has 0 unspecified atom stereocenters. The lowest BCUT2D eigenvalue weighted by Gasteiger charge is -2.10. The highest BCUT2D eigenvalue weighted by molar-refractivity contribution is 6.05. The van der Waals surface area contributed by atoms with Crippen molar-refractivity contribution >= 4 is 22.1 Å². The average Bonchev–Trinajstić information content (AvgIpc) is 2.88. The van der Waals surface area contributed by atoms with E-state index in [2.05, 4.69) is 20.5 Å². The summed E-state index contributed by atoms with van der Waals surface area (Å²) in [6.45, 7) is 0.498. The molecule has 0 radical (unpaired) electrons. The van der Waals surface area contributed by atoms with Crippen molar-refractivity contribution in [2.45, 2.75) is 13.1 Å². The lowest BCUT2D eigenvalue weighted by atomic mass is 10.1. The van der Waals surface area contributed by atoms with Crippen LogP contribution in [0.3, 0.4) is 0 Å². The summed E-state index contributed by atoms with van der Waals surface area (Å²) in [5.74, 6) is 0.579. The molecule has 4 aromatic rings. The van der Waals surface area contributed by atoms with Crippen LogP contribution in [-0.4, -0.2) is 24.4 Å². The van der Waals surface area contributed by atoms with E-state index in [9.17, 15) is 10.2 Å². The first-order valence-corrected chi connectivity index (χ1v) is 10.6. The molecule has 4 aromatic carbocycles. The molecule has 0 aromatic heterocycles. The first-order chi connectivity index (χ1) is 16.6. The van der Waals surface area contributed by atoms with E-state index in [1.807, 2.05) is 60.7 Å². The number of methoxy groups -OCH3 is 2. The van der Waals surface area contributed by atoms with Gasteiger partial charge in [0.25, 0.3) is 0 Å². The van der Waals surface area contributed by atoms with Crippen LogP contribution < -0.4 is 9.47 Å². The standard InChI is InChI=1S/C26H24N4O4/c1-33-21-13-7-3-9-17(21)15-27-29-23-19-11-5-6-12-20(19)24(26(32)25(23)31)30-28-16-18-10-4-8-14-22(18)34-2/h3-14,31-32H,15-16H2,1-2H3/b29-27+,30-28+. The van der Waals surface area contributed by atoms with Crippen LogP contribution in [-0.2, 0) is 13.1 Å². The molecule has 34 heavy (non-hydrogen) atoms. The van der Waals surface area contributed by atoms with Gasteiger partial charge in [0, 0.05) is 21.9 Å². The molecular weight excluding hydrogens is 432 g/mol. The molecule has 0 amide bonds. The van der Waals surface area contributed by atoms with Gasteiger partial charge in [0.1, 0.15) is 22.9 Å². The molecule has 0 aliphatic carbocycles. The third kappa shape index (κ3) is 4.66. The Morgan fingerprint density at radius 2 is 0.971 bits per heavy atom. The van der Waals surface area contributed by atoms with E-state index in [4.69, 9.17) is 9.47 Å². The fraction of sp³-hybridized carbons (Fsp3) is 0.154. The molecule has 0 spiro atoms. The van der Waals surface area contributed by atoms with Crippen LogP contribution in [0.5, 0.6) is 23.0 Å². The quantitative estimate of drug-likeness (QED) is 0.223. The summed E-state index contributed by atoms with van der Waals surface area (Å²) in [7, 11) is 3.18. The maximum Gasteiger partial charge on any atom is 0.188 e. The molecule has 0 heterocycles. The number of hydrogen-bond acceptors (Lipinski definition) is 8. The van der Waals surface area contributed by atoms with Gasteiger partial charge in [0.15, 0.2) is 11.5 Å². The van der Waals surface area contributed by atoms with Gasteiger partial charge < -0.3 is 19.7 Å². The van der Waals surface area contributed by atoms with Gasteiger partial charge in [0.2, 0.25) is 0 Å². The predicted molar refractivity (Wildman–Crippen MR) is 130 cm³/mol. The van der Waals surface area contributed by atoms with E-state index in [1.165, 1.54) is 0 Å². The summed E-state index contributed by atoms with van der Waals surface area (Å²) in [4.78, 5) is 0. The third-order valence-electron chi connectivity index (χ3n) is 5.32. The Hall–Kier alpha value is -4.46. The molecule has 0 atom stereocenters. The number of para-hydroxylation sites is 2. The molecule has 172 valence electrons. The van der Waals surface area contributed by atoms with Gasteiger partial charge >= 0.3 is 0 Å². The molecule has 0 fully saturated rings. The van der Waals surface area contributed by atoms with Crippen molar-refractivity contribution in [1.29, 1.82) is 0 Å². The first-order valence-electron chi connectivity index (χ1n) is 10.6. The van der Waals surface area contributed by atoms with Crippen LogP contribution in [0, 0.1) is 0 Å². The van der Waals surface area contributed by atoms with E-state index in [-0.39, 0.29) is 24.5 Å². The highest BCUT2D eigenvalue weighted by Crippen LogP contribution is 2.50. The smallest absolute Gasteiger partial charge is 0.188 e. The summed E-state index contributed by atoms with van der Waals surface area (Å²) in [6.07, 6.45) is 0. The van der Waals surface area contributed by atoms with Crippen molar-refractivity contribution in [3.63, 3.8) is 0 Å². The molecular formula is C26H24N4O4. The van der Waals surface area contributed by atoms with Gasteiger partial charge in [-0.1, -0.05) is 60.7 Å². The Kier molecular flexibility index (Phi) is 6.98. The van der Waals surface area contributed by atoms with Gasteiger partial charge in [-0.25, -0.2) is 0 Å². The number of hydrogen-bond donors (Lipinski definition) is 2. The fourth-order valence-corrected chi connectivity index (χ4v) is 3.61. The highest BCUT2D eigenvalue weighted by Gasteiger charge is 2.19. The molecule has 0 aliphatic rings. The molecule has 0 aliphatic heterocycles. The SMILES string of the molecule is COc1ccccc1C/N=N/c1c(O)c(O)c(/N=N/Cc2ccccc2OC)c2ccccc12. The summed E-state index contributed by atoms with van der Waals surface area (Å²) in [5, 5.41) is 39.5. The minimum absolute atomic E-state index is 0.159. The molecule has 8 heteroatoms. The molecule has 0 bridgehead atoms. The molecule has 8 nitrogen and oxygen atoms in total. The van der Waals surface area contributed by atoms with Crippen LogP contribution in [0.15, 0.2) is 93.3 Å². The number of fused-ring (bicyclic) bond motifs is 1. The van der Waals surface area contributed by atoms with Crippen molar-refractivity contribution in [3.05, 3.63) is 83.9 Å². The highest BCUT2D eigenvalue weighted by atomic mass is 16.5. The van der Waals surface area contributed by atoms with Gasteiger partial charge in [0.05, 0.1) is 27.3 Å². The van der Waals surface area contributed by atoms with Crippen molar-refractivity contribution < 1.29 is 19.7 Å².